The van der Waals surface area contributed by atoms with Crippen LogP contribution in [0.1, 0.15) is 30.9 Å². The van der Waals surface area contributed by atoms with E-state index in [1.165, 1.54) is 4.31 Å². The molecule has 5 heteroatoms. The van der Waals surface area contributed by atoms with Crippen molar-refractivity contribution in [2.45, 2.75) is 31.6 Å². The van der Waals surface area contributed by atoms with Crippen LogP contribution in [0.2, 0.25) is 0 Å². The number of nitrogens with zero attached hydrogens (tertiary/aromatic N) is 1. The summed E-state index contributed by atoms with van der Waals surface area (Å²) in [6.45, 7) is 4.83. The maximum Gasteiger partial charge on any atom is 0.264 e. The number of rotatable bonds is 6. The van der Waals surface area contributed by atoms with Crippen LogP contribution in [0.4, 0.5) is 0 Å². The normalized spacial score (nSPS) is 13.6. The van der Waals surface area contributed by atoms with Gasteiger partial charge in [0.15, 0.2) is 0 Å². The molecule has 132 valence electrons. The average molecular weight is 357 g/mol. The molecule has 1 aliphatic heterocycles. The first-order valence-corrected chi connectivity index (χ1v) is 10.00. The van der Waals surface area contributed by atoms with Crippen LogP contribution in [0.5, 0.6) is 5.75 Å². The SMILES string of the molecule is CCCCN(C1=CCOc2ccccc21)S(=O)(=O)c1ccc(C)cc1. The number of hydrogen-bond acceptors (Lipinski definition) is 3. The molecule has 0 aliphatic carbocycles. The molecule has 25 heavy (non-hydrogen) atoms. The van der Waals surface area contributed by atoms with Gasteiger partial charge in [-0.3, -0.25) is 4.31 Å². The summed E-state index contributed by atoms with van der Waals surface area (Å²) in [4.78, 5) is 0.319. The third-order valence-corrected chi connectivity index (χ3v) is 6.10. The number of ether oxygens (including phenoxy) is 1. The summed E-state index contributed by atoms with van der Waals surface area (Å²) in [5.74, 6) is 0.723. The molecular weight excluding hydrogens is 334 g/mol. The van der Waals surface area contributed by atoms with Gasteiger partial charge in [0.1, 0.15) is 12.4 Å². The third-order valence-electron chi connectivity index (χ3n) is 4.27. The Morgan fingerprint density at radius 2 is 1.80 bits per heavy atom. The number of aryl methyl sites for hydroxylation is 1. The molecule has 3 rings (SSSR count). The maximum absolute atomic E-state index is 13.3. The highest BCUT2D eigenvalue weighted by atomic mass is 32.2. The zero-order valence-electron chi connectivity index (χ0n) is 14.6. The van der Waals surface area contributed by atoms with Crippen LogP contribution in [-0.2, 0) is 10.0 Å². The van der Waals surface area contributed by atoms with E-state index < -0.39 is 10.0 Å². The fourth-order valence-electron chi connectivity index (χ4n) is 2.87. The van der Waals surface area contributed by atoms with Gasteiger partial charge in [-0.05, 0) is 43.7 Å². The largest absolute Gasteiger partial charge is 0.489 e. The van der Waals surface area contributed by atoms with Crippen molar-refractivity contribution in [3.05, 3.63) is 65.7 Å². The molecule has 0 unspecified atom stereocenters. The van der Waals surface area contributed by atoms with Gasteiger partial charge >= 0.3 is 0 Å². The van der Waals surface area contributed by atoms with Gasteiger partial charge in [0, 0.05) is 12.1 Å². The van der Waals surface area contributed by atoms with Gasteiger partial charge in [-0.15, -0.1) is 0 Å². The first-order chi connectivity index (χ1) is 12.0. The molecule has 0 fully saturated rings. The van der Waals surface area contributed by atoms with Crippen molar-refractivity contribution in [2.75, 3.05) is 13.2 Å². The van der Waals surface area contributed by atoms with Gasteiger partial charge in [0.05, 0.1) is 10.6 Å². The van der Waals surface area contributed by atoms with E-state index in [2.05, 4.69) is 6.92 Å². The molecule has 0 saturated heterocycles. The minimum absolute atomic E-state index is 0.319. The Hall–Kier alpha value is -2.27. The monoisotopic (exact) mass is 357 g/mol. The van der Waals surface area contributed by atoms with Crippen molar-refractivity contribution in [1.29, 1.82) is 0 Å². The smallest absolute Gasteiger partial charge is 0.264 e. The Labute approximate surface area is 149 Å². The second kappa shape index (κ2) is 7.31. The van der Waals surface area contributed by atoms with Gasteiger partial charge < -0.3 is 4.74 Å². The predicted molar refractivity (Wildman–Crippen MR) is 99.9 cm³/mol. The van der Waals surface area contributed by atoms with E-state index in [0.29, 0.717) is 23.7 Å². The Kier molecular flexibility index (Phi) is 5.13. The Balaban J connectivity index is 2.06. The Morgan fingerprint density at radius 3 is 2.52 bits per heavy atom. The van der Waals surface area contributed by atoms with Crippen LogP contribution >= 0.6 is 0 Å². The summed E-state index contributed by atoms with van der Waals surface area (Å²) in [5.41, 5.74) is 2.56. The molecule has 4 nitrogen and oxygen atoms in total. The molecule has 0 N–H and O–H groups in total. The van der Waals surface area contributed by atoms with E-state index in [1.54, 1.807) is 12.1 Å². The van der Waals surface area contributed by atoms with E-state index in [1.807, 2.05) is 49.4 Å². The fraction of sp³-hybridized carbons (Fsp3) is 0.300. The first-order valence-electron chi connectivity index (χ1n) is 8.56. The molecule has 1 aliphatic rings. The average Bonchev–Trinajstić information content (AvgIpc) is 2.62. The summed E-state index contributed by atoms with van der Waals surface area (Å²) < 4.78 is 33.8. The molecule has 0 radical (unpaired) electrons. The highest BCUT2D eigenvalue weighted by Crippen LogP contribution is 2.35. The summed E-state index contributed by atoms with van der Waals surface area (Å²) in [6.07, 6.45) is 3.57. The molecule has 0 aromatic heterocycles. The van der Waals surface area contributed by atoms with Crippen LogP contribution in [0.3, 0.4) is 0 Å². The van der Waals surface area contributed by atoms with Gasteiger partial charge in [-0.25, -0.2) is 8.42 Å². The van der Waals surface area contributed by atoms with E-state index >= 15 is 0 Å². The highest BCUT2D eigenvalue weighted by molar-refractivity contribution is 7.89. The Morgan fingerprint density at radius 1 is 1.08 bits per heavy atom. The molecule has 2 aromatic rings. The zero-order valence-corrected chi connectivity index (χ0v) is 15.4. The van der Waals surface area contributed by atoms with Crippen molar-refractivity contribution >= 4 is 15.7 Å². The van der Waals surface area contributed by atoms with Crippen molar-refractivity contribution in [1.82, 2.24) is 4.31 Å². The van der Waals surface area contributed by atoms with E-state index in [9.17, 15) is 8.42 Å². The van der Waals surface area contributed by atoms with Crippen LogP contribution in [0.25, 0.3) is 5.70 Å². The van der Waals surface area contributed by atoms with Gasteiger partial charge in [0.25, 0.3) is 10.0 Å². The number of benzene rings is 2. The quantitative estimate of drug-likeness (QED) is 0.778. The molecule has 1 heterocycles. The molecular formula is C20H23NO3S. The molecule has 0 amide bonds. The van der Waals surface area contributed by atoms with Crippen molar-refractivity contribution in [3.63, 3.8) is 0 Å². The third kappa shape index (κ3) is 3.56. The lowest BCUT2D eigenvalue weighted by atomic mass is 10.1. The van der Waals surface area contributed by atoms with Gasteiger partial charge in [-0.2, -0.15) is 0 Å². The predicted octanol–water partition coefficient (Wildman–Crippen LogP) is 4.22. The van der Waals surface area contributed by atoms with E-state index in [-0.39, 0.29) is 0 Å². The minimum Gasteiger partial charge on any atom is -0.489 e. The van der Waals surface area contributed by atoms with E-state index in [0.717, 1.165) is 29.7 Å². The lowest BCUT2D eigenvalue weighted by Crippen LogP contribution is -2.32. The molecule has 0 spiro atoms. The molecule has 2 aromatic carbocycles. The lowest BCUT2D eigenvalue weighted by molar-refractivity contribution is 0.352. The van der Waals surface area contributed by atoms with Gasteiger partial charge in [-0.1, -0.05) is 43.2 Å². The van der Waals surface area contributed by atoms with Crippen LogP contribution in [-0.4, -0.2) is 25.9 Å². The number of hydrogen-bond donors (Lipinski definition) is 0. The van der Waals surface area contributed by atoms with Crippen LogP contribution in [0.15, 0.2) is 59.5 Å². The summed E-state index contributed by atoms with van der Waals surface area (Å²) in [5, 5.41) is 0. The number of fused-ring (bicyclic) bond motifs is 1. The fourth-order valence-corrected chi connectivity index (χ4v) is 4.41. The lowest BCUT2D eigenvalue weighted by Gasteiger charge is -2.30. The second-order valence-electron chi connectivity index (χ2n) is 6.14. The Bertz CT molecular complexity index is 870. The molecule has 0 bridgehead atoms. The first kappa shape index (κ1) is 17.5. The van der Waals surface area contributed by atoms with E-state index in [4.69, 9.17) is 4.74 Å². The molecule has 0 saturated carbocycles. The number of sulfonamides is 1. The van der Waals surface area contributed by atoms with Crippen LogP contribution < -0.4 is 4.74 Å². The molecule has 0 atom stereocenters. The van der Waals surface area contributed by atoms with Crippen LogP contribution in [0, 0.1) is 6.92 Å². The topological polar surface area (TPSA) is 46.6 Å². The standard InChI is InChI=1S/C20H23NO3S/c1-3-4-14-21(25(22,23)17-11-9-16(2)10-12-17)19-13-15-24-20-8-6-5-7-18(19)20/h5-13H,3-4,14-15H2,1-2H3. The van der Waals surface area contributed by atoms with Crippen molar-refractivity contribution in [2.24, 2.45) is 0 Å². The number of unbranched alkanes of at least 4 members (excludes halogenated alkanes) is 1. The number of para-hydroxylation sites is 1. The van der Waals surface area contributed by atoms with Crippen molar-refractivity contribution in [3.8, 4) is 5.75 Å². The summed E-state index contributed by atoms with van der Waals surface area (Å²) in [7, 11) is -3.62. The summed E-state index contributed by atoms with van der Waals surface area (Å²) in [6, 6.07) is 14.6. The maximum atomic E-state index is 13.3. The minimum atomic E-state index is -3.62. The van der Waals surface area contributed by atoms with Gasteiger partial charge in [0.2, 0.25) is 0 Å². The summed E-state index contributed by atoms with van der Waals surface area (Å²) >= 11 is 0. The van der Waals surface area contributed by atoms with Crippen molar-refractivity contribution < 1.29 is 13.2 Å². The highest BCUT2D eigenvalue weighted by Gasteiger charge is 2.29. The second-order valence-corrected chi connectivity index (χ2v) is 8.00. The zero-order chi connectivity index (χ0) is 17.9.